The van der Waals surface area contributed by atoms with Gasteiger partial charge in [0.05, 0.1) is 11.3 Å². The lowest BCUT2D eigenvalue weighted by atomic mass is 10.1. The molecule has 8 nitrogen and oxygen atoms in total. The zero-order valence-corrected chi connectivity index (χ0v) is 15.2. The monoisotopic (exact) mass is 362 g/mol. The van der Waals surface area contributed by atoms with Gasteiger partial charge < -0.3 is 4.74 Å². The second kappa shape index (κ2) is 9.15. The van der Waals surface area contributed by atoms with E-state index in [1.54, 1.807) is 19.4 Å². The van der Waals surface area contributed by atoms with Crippen LogP contribution in [0.4, 0.5) is 5.88 Å². The second-order valence-corrected chi connectivity index (χ2v) is 6.48. The zero-order valence-electron chi connectivity index (χ0n) is 14.4. The highest BCUT2D eigenvalue weighted by molar-refractivity contribution is 8.00. The van der Waals surface area contributed by atoms with Crippen LogP contribution in [0.25, 0.3) is 0 Å². The fraction of sp³-hybridized carbons (Fsp3) is 0.438. The average molecular weight is 362 g/mol. The van der Waals surface area contributed by atoms with Crippen molar-refractivity contribution in [1.82, 2.24) is 10.3 Å². The first-order chi connectivity index (χ1) is 12.0. The molecule has 0 radical (unpaired) electrons. The second-order valence-electron chi connectivity index (χ2n) is 5.51. The Morgan fingerprint density at radius 3 is 3.00 bits per heavy atom. The summed E-state index contributed by atoms with van der Waals surface area (Å²) in [6.45, 7) is 5.08. The molecule has 1 amide bonds. The number of hydrogen-bond donors (Lipinski definition) is 1. The van der Waals surface area contributed by atoms with Gasteiger partial charge in [0.25, 0.3) is 6.20 Å². The Kier molecular flexibility index (Phi) is 6.91. The van der Waals surface area contributed by atoms with Gasteiger partial charge >= 0.3 is 5.88 Å². The maximum absolute atomic E-state index is 12.1. The summed E-state index contributed by atoms with van der Waals surface area (Å²) in [7, 11) is 1.60. The van der Waals surface area contributed by atoms with Crippen molar-refractivity contribution in [1.29, 1.82) is 5.26 Å². The largest absolute Gasteiger partial charge is 0.378 e. The van der Waals surface area contributed by atoms with Gasteiger partial charge in [0.15, 0.2) is 0 Å². The third-order valence-corrected chi connectivity index (χ3v) is 4.22. The molecule has 1 N–H and O–H groups in total. The molecule has 0 spiro atoms. The predicted octanol–water partition coefficient (Wildman–Crippen LogP) is 1.73. The number of hydrogen-bond acceptors (Lipinski definition) is 7. The minimum absolute atomic E-state index is 0.113. The van der Waals surface area contributed by atoms with E-state index in [0.29, 0.717) is 23.7 Å². The Hall–Kier alpha value is -2.44. The van der Waals surface area contributed by atoms with E-state index in [2.05, 4.69) is 21.6 Å². The number of rotatable bonds is 8. The summed E-state index contributed by atoms with van der Waals surface area (Å²) in [5.74, 6) is 0.353. The minimum atomic E-state index is -0.263. The Bertz CT molecular complexity index is 769. The Labute approximate surface area is 150 Å². The number of carbonyl (C=O) groups excluding carboxylic acids is 1. The van der Waals surface area contributed by atoms with Crippen molar-refractivity contribution < 1.29 is 18.7 Å². The number of pyridine rings is 1. The number of nitrogens with one attached hydrogen (secondary N) is 1. The van der Waals surface area contributed by atoms with E-state index in [1.807, 2.05) is 19.9 Å². The lowest BCUT2D eigenvalue weighted by Gasteiger charge is -2.08. The number of aromatic nitrogens is 3. The summed E-state index contributed by atoms with van der Waals surface area (Å²) in [5.41, 5.74) is 1.34. The van der Waals surface area contributed by atoms with Crippen molar-refractivity contribution >= 4 is 23.6 Å². The van der Waals surface area contributed by atoms with Crippen molar-refractivity contribution in [2.45, 2.75) is 31.3 Å². The van der Waals surface area contributed by atoms with E-state index in [9.17, 15) is 10.1 Å². The Morgan fingerprint density at radius 2 is 2.32 bits per heavy atom. The summed E-state index contributed by atoms with van der Waals surface area (Å²) in [6.07, 6.45) is 1.58. The van der Waals surface area contributed by atoms with Gasteiger partial charge in [0.1, 0.15) is 17.7 Å². The van der Waals surface area contributed by atoms with Gasteiger partial charge in [-0.15, -0.1) is 0 Å². The first-order valence-electron chi connectivity index (χ1n) is 7.72. The van der Waals surface area contributed by atoms with E-state index in [-0.39, 0.29) is 23.5 Å². The molecule has 25 heavy (non-hydrogen) atoms. The molecule has 0 fully saturated rings. The summed E-state index contributed by atoms with van der Waals surface area (Å²) in [6, 6.07) is 5.67. The van der Waals surface area contributed by atoms with Crippen molar-refractivity contribution in [2.24, 2.45) is 0 Å². The molecule has 0 aliphatic carbocycles. The van der Waals surface area contributed by atoms with Crippen LogP contribution in [0.2, 0.25) is 0 Å². The molecule has 0 aliphatic rings. The molecule has 132 valence electrons. The number of amides is 1. The van der Waals surface area contributed by atoms with Crippen LogP contribution in [0.1, 0.15) is 31.0 Å². The van der Waals surface area contributed by atoms with Gasteiger partial charge in [-0.1, -0.05) is 25.6 Å². The summed E-state index contributed by atoms with van der Waals surface area (Å²) < 4.78 is 11.5. The number of ether oxygens (including phenoxy) is 1. The van der Waals surface area contributed by atoms with Gasteiger partial charge in [-0.25, -0.2) is 4.98 Å². The molecule has 2 aromatic rings. The molecule has 0 atom stereocenters. The fourth-order valence-electron chi connectivity index (χ4n) is 1.90. The first kappa shape index (κ1) is 18.9. The van der Waals surface area contributed by atoms with E-state index in [4.69, 9.17) is 9.26 Å². The van der Waals surface area contributed by atoms with Crippen molar-refractivity contribution in [3.05, 3.63) is 29.6 Å². The number of methoxy groups -OCH3 is 1. The maximum Gasteiger partial charge on any atom is 0.302 e. The molecule has 0 unspecified atom stereocenters. The van der Waals surface area contributed by atoms with Crippen LogP contribution in [0.15, 0.2) is 27.9 Å². The molecule has 2 rings (SSSR count). The number of thioether (sulfide) groups is 1. The fourth-order valence-corrected chi connectivity index (χ4v) is 2.68. The number of nitrogens with zero attached hydrogens (tertiary/aromatic N) is 4. The molecule has 2 heterocycles. The Morgan fingerprint density at radius 1 is 1.52 bits per heavy atom. The van der Waals surface area contributed by atoms with Gasteiger partial charge in [0, 0.05) is 12.8 Å². The van der Waals surface area contributed by atoms with E-state index >= 15 is 0 Å². The van der Waals surface area contributed by atoms with Gasteiger partial charge in [-0.3, -0.25) is 14.6 Å². The summed E-state index contributed by atoms with van der Waals surface area (Å²) in [5, 5.41) is 16.1. The van der Waals surface area contributed by atoms with Crippen LogP contribution in [-0.2, 0) is 16.1 Å². The smallest absolute Gasteiger partial charge is 0.302 e. The van der Waals surface area contributed by atoms with Crippen molar-refractivity contribution in [2.75, 3.05) is 24.8 Å². The molecular weight excluding hydrogens is 342 g/mol. The molecule has 2 aromatic heterocycles. The topological polar surface area (TPSA) is 105 Å². The molecular formula is C16H20N5O3S+. The number of anilines is 1. The predicted molar refractivity (Wildman–Crippen MR) is 91.0 cm³/mol. The normalized spacial score (nSPS) is 10.7. The highest BCUT2D eigenvalue weighted by Gasteiger charge is 2.15. The highest BCUT2D eigenvalue weighted by Crippen LogP contribution is 2.23. The van der Waals surface area contributed by atoms with Crippen molar-refractivity contribution in [3.8, 4) is 6.07 Å². The van der Waals surface area contributed by atoms with Gasteiger partial charge in [0.2, 0.25) is 17.7 Å². The van der Waals surface area contributed by atoms with Crippen LogP contribution < -0.4 is 10.00 Å². The molecule has 0 aliphatic heterocycles. The molecule has 9 heteroatoms. The van der Waals surface area contributed by atoms with Gasteiger partial charge in [-0.2, -0.15) is 5.26 Å². The zero-order chi connectivity index (χ0) is 18.2. The standard InChI is InChI=1S/C16H19N5O3S/c1-11(2)13-5-4-12(8-17)16(18-13)25-10-14(22)19-15-9-21(20-24-15)6-7-23-3/h4-5,9,11H,6-7,10H2,1-3H3/p+1. The Balaban J connectivity index is 1.94. The quantitative estimate of drug-likeness (QED) is 0.563. The SMILES string of the molecule is COCC[n+]1cc(NC(=O)CSc2nc(C(C)C)ccc2C#N)on1. The average Bonchev–Trinajstić information content (AvgIpc) is 3.05. The first-order valence-corrected chi connectivity index (χ1v) is 8.71. The number of nitriles is 1. The lowest BCUT2D eigenvalue weighted by Crippen LogP contribution is -2.36. The lowest BCUT2D eigenvalue weighted by molar-refractivity contribution is -0.763. The van der Waals surface area contributed by atoms with Crippen LogP contribution in [0.3, 0.4) is 0 Å². The highest BCUT2D eigenvalue weighted by atomic mass is 32.2. The van der Waals surface area contributed by atoms with Crippen LogP contribution in [0, 0.1) is 11.3 Å². The molecule has 0 saturated heterocycles. The van der Waals surface area contributed by atoms with E-state index in [0.717, 1.165) is 5.69 Å². The molecule has 0 saturated carbocycles. The number of carbonyl (C=O) groups is 1. The van der Waals surface area contributed by atoms with Crippen LogP contribution in [-0.4, -0.2) is 35.6 Å². The van der Waals surface area contributed by atoms with Gasteiger partial charge in [-0.05, 0) is 22.7 Å². The van der Waals surface area contributed by atoms with E-state index in [1.165, 1.54) is 16.4 Å². The van der Waals surface area contributed by atoms with Crippen molar-refractivity contribution in [3.63, 3.8) is 0 Å². The molecule has 0 aromatic carbocycles. The summed E-state index contributed by atoms with van der Waals surface area (Å²) >= 11 is 1.22. The minimum Gasteiger partial charge on any atom is -0.378 e. The third kappa shape index (κ3) is 5.55. The van der Waals surface area contributed by atoms with Crippen LogP contribution >= 0.6 is 11.8 Å². The van der Waals surface area contributed by atoms with E-state index < -0.39 is 0 Å². The molecule has 0 bridgehead atoms. The van der Waals surface area contributed by atoms with Crippen LogP contribution in [0.5, 0.6) is 0 Å². The summed E-state index contributed by atoms with van der Waals surface area (Å²) in [4.78, 5) is 16.5. The maximum atomic E-state index is 12.1. The third-order valence-electron chi connectivity index (χ3n) is 3.23.